The number of thiazole rings is 1. The van der Waals surface area contributed by atoms with Gasteiger partial charge < -0.3 is 4.90 Å². The van der Waals surface area contributed by atoms with Gasteiger partial charge in [-0.3, -0.25) is 9.48 Å². The van der Waals surface area contributed by atoms with Crippen LogP contribution in [0.15, 0.2) is 28.1 Å². The molecule has 0 saturated carbocycles. The van der Waals surface area contributed by atoms with E-state index >= 15 is 0 Å². The highest BCUT2D eigenvalue weighted by Crippen LogP contribution is 2.37. The fourth-order valence-corrected chi connectivity index (χ4v) is 5.88. The van der Waals surface area contributed by atoms with Crippen LogP contribution in [-0.4, -0.2) is 38.7 Å². The summed E-state index contributed by atoms with van der Waals surface area (Å²) in [7, 11) is 0. The van der Waals surface area contributed by atoms with E-state index in [1.54, 1.807) is 16.0 Å². The monoisotopic (exact) mass is 570 g/mol. The van der Waals surface area contributed by atoms with Gasteiger partial charge in [0.2, 0.25) is 5.91 Å². The summed E-state index contributed by atoms with van der Waals surface area (Å²) >= 11 is 5.29. The van der Waals surface area contributed by atoms with E-state index in [9.17, 15) is 4.79 Å². The molecular formula is C29H39BrN4OS. The molecule has 1 aliphatic rings. The maximum atomic E-state index is 12.9. The molecule has 0 aliphatic carbocycles. The number of hydrogen-bond donors (Lipinski definition) is 0. The molecule has 3 aromatic rings. The fourth-order valence-electron chi connectivity index (χ4n) is 4.71. The number of likely N-dealkylation sites (tertiary alicyclic amines) is 1. The van der Waals surface area contributed by atoms with Crippen LogP contribution in [0.3, 0.4) is 0 Å². The van der Waals surface area contributed by atoms with Gasteiger partial charge in [0.05, 0.1) is 21.6 Å². The van der Waals surface area contributed by atoms with Crippen LogP contribution >= 0.6 is 27.3 Å². The molecule has 4 rings (SSSR count). The molecule has 1 fully saturated rings. The van der Waals surface area contributed by atoms with Crippen LogP contribution in [0.4, 0.5) is 0 Å². The molecule has 36 heavy (non-hydrogen) atoms. The number of piperidine rings is 1. The molecule has 0 N–H and O–H groups in total. The summed E-state index contributed by atoms with van der Waals surface area (Å²) in [6, 6.07) is 6.99. The van der Waals surface area contributed by atoms with Gasteiger partial charge >= 0.3 is 0 Å². The Kier molecular flexibility index (Phi) is 7.55. The second-order valence-corrected chi connectivity index (χ2v) is 13.8. The maximum absolute atomic E-state index is 12.9. The molecule has 0 radical (unpaired) electrons. The Bertz CT molecular complexity index is 1220. The lowest BCUT2D eigenvalue weighted by Crippen LogP contribution is -2.40. The molecule has 1 saturated heterocycles. The number of amides is 1. The molecule has 194 valence electrons. The summed E-state index contributed by atoms with van der Waals surface area (Å²) < 4.78 is 2.79. The Balaban J connectivity index is 1.46. The summed E-state index contributed by atoms with van der Waals surface area (Å²) in [5.41, 5.74) is 7.16. The van der Waals surface area contributed by atoms with Crippen LogP contribution in [0.2, 0.25) is 0 Å². The quantitative estimate of drug-likeness (QED) is 0.328. The van der Waals surface area contributed by atoms with Gasteiger partial charge in [-0.05, 0) is 76.7 Å². The number of hydrogen-bond acceptors (Lipinski definition) is 4. The smallest absolute Gasteiger partial charge is 0.244 e. The summed E-state index contributed by atoms with van der Waals surface area (Å²) in [6.07, 6.45) is 1.90. The molecule has 1 amide bonds. The molecule has 0 unspecified atom stereocenters. The molecular weight excluding hydrogens is 532 g/mol. The van der Waals surface area contributed by atoms with Crippen molar-refractivity contribution in [3.8, 4) is 10.6 Å². The number of halogens is 1. The van der Waals surface area contributed by atoms with Gasteiger partial charge in [0.1, 0.15) is 11.6 Å². The normalized spacial score (nSPS) is 15.5. The number of benzene rings is 1. The highest BCUT2D eigenvalue weighted by atomic mass is 79.9. The van der Waals surface area contributed by atoms with Gasteiger partial charge in [-0.15, -0.1) is 11.3 Å². The Morgan fingerprint density at radius 1 is 1.03 bits per heavy atom. The van der Waals surface area contributed by atoms with E-state index in [1.165, 1.54) is 22.4 Å². The van der Waals surface area contributed by atoms with E-state index in [-0.39, 0.29) is 16.7 Å². The number of carbonyl (C=O) groups excluding carboxylic acids is 1. The third-order valence-corrected chi connectivity index (χ3v) is 9.34. The molecule has 7 heteroatoms. The lowest BCUT2D eigenvalue weighted by atomic mass is 9.79. The van der Waals surface area contributed by atoms with Gasteiger partial charge in [0.15, 0.2) is 0 Å². The molecule has 1 aliphatic heterocycles. The van der Waals surface area contributed by atoms with Crippen molar-refractivity contribution in [1.29, 1.82) is 0 Å². The van der Waals surface area contributed by atoms with E-state index in [2.05, 4.69) is 86.2 Å². The van der Waals surface area contributed by atoms with E-state index in [0.29, 0.717) is 12.5 Å². The van der Waals surface area contributed by atoms with Crippen molar-refractivity contribution >= 4 is 33.2 Å². The van der Waals surface area contributed by atoms with Crippen molar-refractivity contribution in [3.63, 3.8) is 0 Å². The van der Waals surface area contributed by atoms with Crippen molar-refractivity contribution in [2.45, 2.75) is 91.5 Å². The molecule has 3 heterocycles. The average molecular weight is 572 g/mol. The highest BCUT2D eigenvalue weighted by Gasteiger charge is 2.27. The third-order valence-electron chi connectivity index (χ3n) is 7.28. The Morgan fingerprint density at radius 2 is 1.61 bits per heavy atom. The second-order valence-electron chi connectivity index (χ2n) is 12.2. The molecule has 0 bridgehead atoms. The van der Waals surface area contributed by atoms with Crippen molar-refractivity contribution in [2.75, 3.05) is 13.1 Å². The standard InChI is InChI=1S/C29H39BrN4OS/c1-18-26(30)19(2)34(32-18)16-25(35)33-11-9-20(10-12-33)24-17-36-27(31-24)21-13-22(28(3,4)5)15-23(14-21)29(6,7)8/h13-15,17,20H,9-12,16H2,1-8H3. The van der Waals surface area contributed by atoms with Gasteiger partial charge in [0.25, 0.3) is 0 Å². The van der Waals surface area contributed by atoms with E-state index in [0.717, 1.165) is 46.8 Å². The van der Waals surface area contributed by atoms with E-state index in [4.69, 9.17) is 4.98 Å². The summed E-state index contributed by atoms with van der Waals surface area (Å²) in [6.45, 7) is 19.4. The second kappa shape index (κ2) is 10.1. The number of carbonyl (C=O) groups is 1. The largest absolute Gasteiger partial charge is 0.341 e. The average Bonchev–Trinajstić information content (AvgIpc) is 3.39. The zero-order valence-corrected chi connectivity index (χ0v) is 25.3. The molecule has 2 aromatic heterocycles. The first-order valence-electron chi connectivity index (χ1n) is 12.8. The number of aryl methyl sites for hydroxylation is 1. The lowest BCUT2D eigenvalue weighted by molar-refractivity contribution is -0.133. The SMILES string of the molecule is Cc1nn(CC(=O)N2CCC(c3csc(-c4cc(C(C)(C)C)cc(C(C)(C)C)c4)n3)CC2)c(C)c1Br. The Morgan fingerprint density at radius 3 is 2.11 bits per heavy atom. The maximum Gasteiger partial charge on any atom is 0.244 e. The van der Waals surface area contributed by atoms with Crippen molar-refractivity contribution in [2.24, 2.45) is 0 Å². The molecule has 5 nitrogen and oxygen atoms in total. The number of nitrogens with zero attached hydrogens (tertiary/aromatic N) is 4. The topological polar surface area (TPSA) is 51.0 Å². The summed E-state index contributed by atoms with van der Waals surface area (Å²) in [5, 5.41) is 7.82. The van der Waals surface area contributed by atoms with Crippen LogP contribution in [0.25, 0.3) is 10.6 Å². The Hall–Kier alpha value is -1.99. The van der Waals surface area contributed by atoms with Gasteiger partial charge in [0, 0.05) is 30.0 Å². The first-order chi connectivity index (χ1) is 16.7. The number of rotatable bonds is 4. The summed E-state index contributed by atoms with van der Waals surface area (Å²) in [5.74, 6) is 0.536. The van der Waals surface area contributed by atoms with Crippen LogP contribution in [0.1, 0.15) is 88.5 Å². The molecule has 0 spiro atoms. The van der Waals surface area contributed by atoms with Gasteiger partial charge in [-0.25, -0.2) is 4.98 Å². The predicted octanol–water partition coefficient (Wildman–Crippen LogP) is 7.39. The minimum Gasteiger partial charge on any atom is -0.341 e. The van der Waals surface area contributed by atoms with Crippen molar-refractivity contribution < 1.29 is 4.79 Å². The van der Waals surface area contributed by atoms with Crippen LogP contribution in [-0.2, 0) is 22.2 Å². The number of aromatic nitrogens is 3. The highest BCUT2D eigenvalue weighted by molar-refractivity contribution is 9.10. The van der Waals surface area contributed by atoms with Crippen LogP contribution in [0.5, 0.6) is 0 Å². The van der Waals surface area contributed by atoms with Gasteiger partial charge in [-0.2, -0.15) is 5.10 Å². The fraction of sp³-hybridized carbons (Fsp3) is 0.552. The first kappa shape index (κ1) is 27.1. The van der Waals surface area contributed by atoms with Crippen LogP contribution in [0, 0.1) is 13.8 Å². The summed E-state index contributed by atoms with van der Waals surface area (Å²) in [4.78, 5) is 20.0. The van der Waals surface area contributed by atoms with Crippen LogP contribution < -0.4 is 0 Å². The Labute approximate surface area is 228 Å². The minimum atomic E-state index is 0.0823. The minimum absolute atomic E-state index is 0.0823. The van der Waals surface area contributed by atoms with Gasteiger partial charge in [-0.1, -0.05) is 47.6 Å². The zero-order valence-electron chi connectivity index (χ0n) is 22.9. The zero-order chi connectivity index (χ0) is 26.4. The lowest BCUT2D eigenvalue weighted by Gasteiger charge is -2.31. The van der Waals surface area contributed by atoms with Crippen molar-refractivity contribution in [3.05, 3.63) is 56.3 Å². The predicted molar refractivity (Wildman–Crippen MR) is 153 cm³/mol. The van der Waals surface area contributed by atoms with E-state index < -0.39 is 0 Å². The third kappa shape index (κ3) is 5.77. The first-order valence-corrected chi connectivity index (χ1v) is 14.5. The molecule has 0 atom stereocenters. The molecule has 1 aromatic carbocycles. The van der Waals surface area contributed by atoms with Crippen molar-refractivity contribution in [1.82, 2.24) is 19.7 Å². The van der Waals surface area contributed by atoms with E-state index in [1.807, 2.05) is 18.7 Å².